The lowest BCUT2D eigenvalue weighted by atomic mass is 10.0. The second-order valence-corrected chi connectivity index (χ2v) is 8.49. The SMILES string of the molecule is Cc1n[nH]cc1Nc1ncc(-c2ccc(CC(=O)Nc3cc(C4(C(F)(F)F)CC4)on3)c(F)c2)cn1. The number of hydrogen-bond acceptors (Lipinski definition) is 7. The molecule has 0 radical (unpaired) electrons. The number of aromatic amines is 1. The van der Waals surface area contributed by atoms with Crippen molar-refractivity contribution in [2.45, 2.75) is 37.8 Å². The molecule has 3 heterocycles. The van der Waals surface area contributed by atoms with E-state index in [0.717, 1.165) is 17.4 Å². The average molecular weight is 501 g/mol. The number of H-pyrrole nitrogens is 1. The van der Waals surface area contributed by atoms with Crippen LogP contribution in [0.2, 0.25) is 0 Å². The smallest absolute Gasteiger partial charge is 0.358 e. The van der Waals surface area contributed by atoms with Crippen molar-refractivity contribution in [2.24, 2.45) is 0 Å². The van der Waals surface area contributed by atoms with Crippen LogP contribution in [0, 0.1) is 12.7 Å². The maximum absolute atomic E-state index is 14.7. The Morgan fingerprint density at radius 3 is 2.53 bits per heavy atom. The number of rotatable bonds is 7. The molecule has 9 nitrogen and oxygen atoms in total. The number of aromatic nitrogens is 5. The van der Waals surface area contributed by atoms with Gasteiger partial charge in [0.2, 0.25) is 11.9 Å². The monoisotopic (exact) mass is 501 g/mol. The molecular formula is C23H19F4N7O2. The molecule has 0 atom stereocenters. The fraction of sp³-hybridized carbons (Fsp3) is 0.261. The van der Waals surface area contributed by atoms with Crippen LogP contribution in [0.25, 0.3) is 11.1 Å². The number of aryl methyl sites for hydroxylation is 1. The molecule has 186 valence electrons. The zero-order chi connectivity index (χ0) is 25.5. The Labute approximate surface area is 201 Å². The topological polar surface area (TPSA) is 122 Å². The molecule has 0 bridgehead atoms. The van der Waals surface area contributed by atoms with Crippen LogP contribution in [0.1, 0.15) is 29.9 Å². The third-order valence-electron chi connectivity index (χ3n) is 6.01. The molecule has 5 rings (SSSR count). The summed E-state index contributed by atoms with van der Waals surface area (Å²) < 4.78 is 59.2. The van der Waals surface area contributed by atoms with Crippen molar-refractivity contribution in [1.82, 2.24) is 25.3 Å². The van der Waals surface area contributed by atoms with Gasteiger partial charge in [-0.25, -0.2) is 14.4 Å². The summed E-state index contributed by atoms with van der Waals surface area (Å²) in [5.41, 5.74) is 0.607. The van der Waals surface area contributed by atoms with Crippen molar-refractivity contribution in [3.05, 3.63) is 65.7 Å². The first kappa shape index (κ1) is 23.5. The number of amides is 1. The zero-order valence-electron chi connectivity index (χ0n) is 18.8. The first-order valence-electron chi connectivity index (χ1n) is 10.9. The fourth-order valence-electron chi connectivity index (χ4n) is 3.73. The van der Waals surface area contributed by atoms with Crippen molar-refractivity contribution in [3.63, 3.8) is 0 Å². The minimum absolute atomic E-state index is 0.0923. The van der Waals surface area contributed by atoms with Crippen LogP contribution in [0.3, 0.4) is 0 Å². The van der Waals surface area contributed by atoms with Gasteiger partial charge in [0.15, 0.2) is 11.6 Å². The second kappa shape index (κ2) is 8.73. The number of benzene rings is 1. The van der Waals surface area contributed by atoms with E-state index in [4.69, 9.17) is 4.52 Å². The molecule has 1 saturated carbocycles. The van der Waals surface area contributed by atoms with Gasteiger partial charge < -0.3 is 15.2 Å². The van der Waals surface area contributed by atoms with Gasteiger partial charge in [-0.3, -0.25) is 9.89 Å². The van der Waals surface area contributed by atoms with Crippen molar-refractivity contribution >= 4 is 23.4 Å². The highest BCUT2D eigenvalue weighted by atomic mass is 19.4. The normalized spacial score (nSPS) is 14.5. The van der Waals surface area contributed by atoms with Gasteiger partial charge in [0.1, 0.15) is 11.2 Å². The Morgan fingerprint density at radius 1 is 1.17 bits per heavy atom. The number of halogens is 4. The average Bonchev–Trinajstić information content (AvgIpc) is 3.39. The molecule has 0 unspecified atom stereocenters. The Morgan fingerprint density at radius 2 is 1.92 bits per heavy atom. The molecule has 1 aromatic carbocycles. The number of nitrogens with zero attached hydrogens (tertiary/aromatic N) is 4. The number of nitrogens with one attached hydrogen (secondary N) is 3. The molecule has 13 heteroatoms. The van der Waals surface area contributed by atoms with Gasteiger partial charge in [0.05, 0.1) is 17.8 Å². The van der Waals surface area contributed by atoms with Gasteiger partial charge in [-0.2, -0.15) is 18.3 Å². The number of carbonyl (C=O) groups is 1. The van der Waals surface area contributed by atoms with E-state index in [1.54, 1.807) is 12.3 Å². The first-order chi connectivity index (χ1) is 17.1. The third-order valence-corrected chi connectivity index (χ3v) is 6.01. The summed E-state index contributed by atoms with van der Waals surface area (Å²) in [6.07, 6.45) is -0.259. The van der Waals surface area contributed by atoms with Crippen molar-refractivity contribution in [1.29, 1.82) is 0 Å². The number of alkyl halides is 3. The number of hydrogen-bond donors (Lipinski definition) is 3. The Hall–Kier alpha value is -4.29. The van der Waals surface area contributed by atoms with Gasteiger partial charge in [-0.05, 0) is 37.0 Å². The van der Waals surface area contributed by atoms with Crippen LogP contribution in [0.4, 0.5) is 35.0 Å². The molecule has 4 aromatic rings. The minimum atomic E-state index is -4.46. The predicted molar refractivity (Wildman–Crippen MR) is 120 cm³/mol. The lowest BCUT2D eigenvalue weighted by Gasteiger charge is -2.14. The lowest BCUT2D eigenvalue weighted by Crippen LogP contribution is -2.28. The summed E-state index contributed by atoms with van der Waals surface area (Å²) in [6.45, 7) is 1.82. The highest BCUT2D eigenvalue weighted by Crippen LogP contribution is 2.59. The quantitative estimate of drug-likeness (QED) is 0.311. The van der Waals surface area contributed by atoms with Gasteiger partial charge in [0.25, 0.3) is 0 Å². The molecule has 1 fully saturated rings. The second-order valence-electron chi connectivity index (χ2n) is 8.49. The van der Waals surface area contributed by atoms with Gasteiger partial charge in [-0.1, -0.05) is 17.3 Å². The minimum Gasteiger partial charge on any atom is -0.358 e. The van der Waals surface area contributed by atoms with Crippen LogP contribution in [0.15, 0.2) is 47.4 Å². The van der Waals surface area contributed by atoms with E-state index < -0.39 is 23.3 Å². The van der Waals surface area contributed by atoms with Crippen LogP contribution < -0.4 is 10.6 Å². The highest BCUT2D eigenvalue weighted by Gasteiger charge is 2.66. The van der Waals surface area contributed by atoms with E-state index in [1.165, 1.54) is 24.5 Å². The van der Waals surface area contributed by atoms with E-state index in [0.29, 0.717) is 17.1 Å². The van der Waals surface area contributed by atoms with Crippen LogP contribution in [0.5, 0.6) is 0 Å². The maximum Gasteiger partial charge on any atom is 0.401 e. The molecular weight excluding hydrogens is 482 g/mol. The van der Waals surface area contributed by atoms with Crippen LogP contribution in [-0.4, -0.2) is 37.4 Å². The van der Waals surface area contributed by atoms with Crippen LogP contribution in [-0.2, 0) is 16.6 Å². The summed E-state index contributed by atoms with van der Waals surface area (Å²) in [6, 6.07) is 5.38. The summed E-state index contributed by atoms with van der Waals surface area (Å²) >= 11 is 0. The Bertz CT molecular complexity index is 1410. The molecule has 0 saturated heterocycles. The van der Waals surface area contributed by atoms with Gasteiger partial charge >= 0.3 is 6.18 Å². The van der Waals surface area contributed by atoms with E-state index in [1.807, 2.05) is 6.92 Å². The molecule has 3 aromatic heterocycles. The fourth-order valence-corrected chi connectivity index (χ4v) is 3.73. The van der Waals surface area contributed by atoms with Crippen molar-refractivity contribution in [3.8, 4) is 11.1 Å². The lowest BCUT2D eigenvalue weighted by molar-refractivity contribution is -0.165. The molecule has 1 aliphatic carbocycles. The summed E-state index contributed by atoms with van der Waals surface area (Å²) in [5, 5.41) is 15.6. The highest BCUT2D eigenvalue weighted by molar-refractivity contribution is 5.91. The largest absolute Gasteiger partial charge is 0.401 e. The zero-order valence-corrected chi connectivity index (χ0v) is 18.8. The number of carbonyl (C=O) groups excluding carboxylic acids is 1. The molecule has 3 N–H and O–H groups in total. The first-order valence-corrected chi connectivity index (χ1v) is 10.9. The predicted octanol–water partition coefficient (Wildman–Crippen LogP) is 4.82. The van der Waals surface area contributed by atoms with Gasteiger partial charge in [-0.15, -0.1) is 0 Å². The van der Waals surface area contributed by atoms with Gasteiger partial charge in [0, 0.05) is 30.2 Å². The van der Waals surface area contributed by atoms with E-state index in [2.05, 4.69) is 36.0 Å². The Balaban J connectivity index is 1.22. The summed E-state index contributed by atoms with van der Waals surface area (Å²) in [7, 11) is 0. The summed E-state index contributed by atoms with van der Waals surface area (Å²) in [4.78, 5) is 20.8. The van der Waals surface area contributed by atoms with E-state index in [9.17, 15) is 22.4 Å². The molecule has 36 heavy (non-hydrogen) atoms. The van der Waals surface area contributed by atoms with Crippen molar-refractivity contribution in [2.75, 3.05) is 10.6 Å². The van der Waals surface area contributed by atoms with E-state index in [-0.39, 0.29) is 36.4 Å². The van der Waals surface area contributed by atoms with E-state index >= 15 is 0 Å². The summed E-state index contributed by atoms with van der Waals surface area (Å²) in [5.74, 6) is -1.43. The molecule has 0 aliphatic heterocycles. The van der Waals surface area contributed by atoms with Crippen molar-refractivity contribution < 1.29 is 26.9 Å². The molecule has 1 aliphatic rings. The standard InChI is InChI=1S/C23H19F4N7O2/c1-12-17(11-30-33-12)31-21-28-9-15(10-29-21)13-2-3-14(16(24)6-13)7-20(35)32-19-8-18(36-34-19)22(4-5-22)23(25,26)27/h2-3,6,8-11H,4-5,7H2,1H3,(H,30,33)(H,28,29,31)(H,32,34,35). The number of anilines is 3. The molecule has 0 spiro atoms. The van der Waals surface area contributed by atoms with Crippen LogP contribution >= 0.6 is 0 Å². The third kappa shape index (κ3) is 4.51. The maximum atomic E-state index is 14.7. The molecule has 1 amide bonds. The Kier molecular flexibility index (Phi) is 5.69.